The third-order valence-corrected chi connectivity index (χ3v) is 7.88. The van der Waals surface area contributed by atoms with Crippen LogP contribution in [0, 0.1) is 17.8 Å². The van der Waals surface area contributed by atoms with Crippen LogP contribution in [0.15, 0.2) is 47.6 Å². The monoisotopic (exact) mass is 485 g/mol. The third-order valence-electron chi connectivity index (χ3n) is 5.86. The number of nitrogens with zero attached hydrogens (tertiary/aromatic N) is 3. The Balaban J connectivity index is 2.06. The van der Waals surface area contributed by atoms with Gasteiger partial charge in [-0.15, -0.1) is 0 Å². The zero-order chi connectivity index (χ0) is 24.9. The van der Waals surface area contributed by atoms with Crippen LogP contribution in [0.3, 0.4) is 0 Å². The summed E-state index contributed by atoms with van der Waals surface area (Å²) < 4.78 is 34.6. The second-order valence-corrected chi connectivity index (χ2v) is 10.4. The molecule has 0 aliphatic carbocycles. The fourth-order valence-corrected chi connectivity index (χ4v) is 5.57. The number of rotatable bonds is 5. The summed E-state index contributed by atoms with van der Waals surface area (Å²) in [6.45, 7) is 5.50. The molecule has 0 saturated carbocycles. The van der Waals surface area contributed by atoms with Crippen LogP contribution < -0.4 is 4.74 Å². The average Bonchev–Trinajstić information content (AvgIpc) is 2.84. The van der Waals surface area contributed by atoms with Gasteiger partial charge in [-0.2, -0.15) is 4.31 Å². The first-order valence-electron chi connectivity index (χ1n) is 11.3. The molecule has 2 heterocycles. The predicted molar refractivity (Wildman–Crippen MR) is 129 cm³/mol. The molecule has 3 rings (SSSR count). The number of ether oxygens (including phenoxy) is 1. The van der Waals surface area contributed by atoms with Crippen LogP contribution in [0.5, 0.6) is 5.75 Å². The molecular formula is C25H31N3O5S. The van der Waals surface area contributed by atoms with E-state index in [-0.39, 0.29) is 35.6 Å². The number of hydrogen-bond donors (Lipinski definition) is 1. The fraction of sp³-hybridized carbons (Fsp3) is 0.440. The maximum Gasteiger partial charge on any atom is 0.247 e. The van der Waals surface area contributed by atoms with Gasteiger partial charge in [0.15, 0.2) is 0 Å². The Kier molecular flexibility index (Phi) is 8.31. The van der Waals surface area contributed by atoms with E-state index in [9.17, 15) is 18.3 Å². The number of likely N-dealkylation sites (N-methyl/N-ethyl adjacent to an activating group) is 1. The van der Waals surface area contributed by atoms with E-state index in [1.807, 2.05) is 13.0 Å². The van der Waals surface area contributed by atoms with Crippen LogP contribution in [-0.4, -0.2) is 72.5 Å². The number of carbonyl (C=O) groups excluding carboxylic acids is 1. The number of aliphatic hydroxyl groups excluding tert-OH is 1. The summed E-state index contributed by atoms with van der Waals surface area (Å²) in [5.41, 5.74) is 1.32. The highest BCUT2D eigenvalue weighted by Gasteiger charge is 2.38. The normalized spacial score (nSPS) is 20.5. The van der Waals surface area contributed by atoms with Crippen LogP contribution in [0.4, 0.5) is 0 Å². The van der Waals surface area contributed by atoms with Crippen molar-refractivity contribution >= 4 is 15.9 Å². The van der Waals surface area contributed by atoms with E-state index in [0.29, 0.717) is 18.5 Å². The van der Waals surface area contributed by atoms with Crippen molar-refractivity contribution in [3.05, 3.63) is 53.9 Å². The molecule has 3 atom stereocenters. The highest BCUT2D eigenvalue weighted by Crippen LogP contribution is 2.34. The Morgan fingerprint density at radius 1 is 1.32 bits per heavy atom. The van der Waals surface area contributed by atoms with Crippen LogP contribution in [-0.2, 0) is 14.8 Å². The van der Waals surface area contributed by atoms with E-state index in [1.165, 1.54) is 10.4 Å². The van der Waals surface area contributed by atoms with Gasteiger partial charge in [-0.25, -0.2) is 8.42 Å². The van der Waals surface area contributed by atoms with Gasteiger partial charge in [0.2, 0.25) is 15.9 Å². The molecule has 182 valence electrons. The topological polar surface area (TPSA) is 100 Å². The maximum absolute atomic E-state index is 13.5. The van der Waals surface area contributed by atoms with Gasteiger partial charge in [0.1, 0.15) is 16.7 Å². The molecular weight excluding hydrogens is 454 g/mol. The summed E-state index contributed by atoms with van der Waals surface area (Å²) in [5, 5.41) is 9.74. The lowest BCUT2D eigenvalue weighted by Gasteiger charge is -2.37. The van der Waals surface area contributed by atoms with Gasteiger partial charge in [-0.1, -0.05) is 25.7 Å². The minimum Gasteiger partial charge on any atom is -0.487 e. The van der Waals surface area contributed by atoms with Crippen molar-refractivity contribution in [2.24, 2.45) is 5.92 Å². The Labute approximate surface area is 201 Å². The molecule has 0 radical (unpaired) electrons. The number of fused-ring (bicyclic) bond motifs is 1. The van der Waals surface area contributed by atoms with Crippen molar-refractivity contribution in [3.8, 4) is 17.6 Å². The van der Waals surface area contributed by atoms with Crippen molar-refractivity contribution in [1.29, 1.82) is 0 Å². The largest absolute Gasteiger partial charge is 0.487 e. The zero-order valence-electron chi connectivity index (χ0n) is 19.9. The van der Waals surface area contributed by atoms with E-state index in [4.69, 9.17) is 4.74 Å². The lowest BCUT2D eigenvalue weighted by atomic mass is 10.0. The summed E-state index contributed by atoms with van der Waals surface area (Å²) in [6.07, 6.45) is 3.22. The Morgan fingerprint density at radius 3 is 2.71 bits per heavy atom. The van der Waals surface area contributed by atoms with Crippen molar-refractivity contribution < 1.29 is 23.1 Å². The van der Waals surface area contributed by atoms with Crippen molar-refractivity contribution in [3.63, 3.8) is 0 Å². The molecule has 34 heavy (non-hydrogen) atoms. The van der Waals surface area contributed by atoms with Crippen molar-refractivity contribution in [1.82, 2.24) is 14.2 Å². The highest BCUT2D eigenvalue weighted by molar-refractivity contribution is 7.89. The van der Waals surface area contributed by atoms with Gasteiger partial charge >= 0.3 is 0 Å². The number of benzene rings is 1. The van der Waals surface area contributed by atoms with Gasteiger partial charge < -0.3 is 14.7 Å². The quantitative estimate of drug-likeness (QED) is 0.652. The molecule has 9 heteroatoms. The van der Waals surface area contributed by atoms with Crippen molar-refractivity contribution in [2.45, 2.75) is 44.2 Å². The maximum atomic E-state index is 13.5. The number of aliphatic hydroxyl groups is 1. The van der Waals surface area contributed by atoms with Gasteiger partial charge in [0, 0.05) is 55.5 Å². The van der Waals surface area contributed by atoms with E-state index in [0.717, 1.165) is 5.56 Å². The van der Waals surface area contributed by atoms with E-state index < -0.39 is 22.2 Å². The van der Waals surface area contributed by atoms with E-state index in [1.54, 1.807) is 56.4 Å². The first kappa shape index (κ1) is 25.7. The molecule has 8 nitrogen and oxygen atoms in total. The molecule has 1 aromatic carbocycles. The molecule has 0 bridgehead atoms. The molecule has 0 fully saturated rings. The summed E-state index contributed by atoms with van der Waals surface area (Å²) in [5.74, 6) is 5.96. The van der Waals surface area contributed by atoms with Crippen LogP contribution in [0.2, 0.25) is 0 Å². The first-order chi connectivity index (χ1) is 16.2. The minimum atomic E-state index is -3.93. The summed E-state index contributed by atoms with van der Waals surface area (Å²) in [4.78, 5) is 17.9. The number of sulfonamides is 1. The average molecular weight is 486 g/mol. The predicted octanol–water partition coefficient (Wildman–Crippen LogP) is 2.12. The van der Waals surface area contributed by atoms with Crippen LogP contribution in [0.25, 0.3) is 0 Å². The molecule has 0 spiro atoms. The third kappa shape index (κ3) is 5.76. The van der Waals surface area contributed by atoms with Gasteiger partial charge in [0.25, 0.3) is 0 Å². The highest BCUT2D eigenvalue weighted by atomic mass is 32.2. The summed E-state index contributed by atoms with van der Waals surface area (Å²) >= 11 is 0. The van der Waals surface area contributed by atoms with Crippen LogP contribution >= 0.6 is 0 Å². The number of amides is 1. The summed E-state index contributed by atoms with van der Waals surface area (Å²) in [6, 6.07) is 7.75. The van der Waals surface area contributed by atoms with Crippen LogP contribution in [0.1, 0.15) is 38.3 Å². The Morgan fingerprint density at radius 2 is 2.06 bits per heavy atom. The second kappa shape index (κ2) is 11.0. The first-order valence-corrected chi connectivity index (χ1v) is 12.7. The molecule has 1 amide bonds. The SMILES string of the molecule is CCC(=O)N(C)C[C@@H]1Oc2cc(C#Cc3cccnc3)ccc2S(=O)(=O)N([C@H](C)CO)C[C@H]1C. The standard InChI is InChI=1S/C25H31N3O5S/c1-5-25(30)27(4)16-23-18(2)15-28(19(3)17-29)34(31,32)24-11-10-20(13-22(24)33-23)8-9-21-7-6-12-26-14-21/h6-7,10-14,18-19,23,29H,5,15-17H2,1-4H3/t18-,19-,23+/m1/s1. The number of pyridine rings is 1. The Bertz CT molecular complexity index is 1170. The lowest BCUT2D eigenvalue weighted by Crippen LogP contribution is -2.50. The second-order valence-electron chi connectivity index (χ2n) is 8.52. The molecule has 1 aliphatic heterocycles. The number of aromatic nitrogens is 1. The van der Waals surface area contributed by atoms with Gasteiger partial charge in [0.05, 0.1) is 13.2 Å². The van der Waals surface area contributed by atoms with Crippen molar-refractivity contribution in [2.75, 3.05) is 26.7 Å². The Hall–Kier alpha value is -2.93. The molecule has 1 aliphatic rings. The minimum absolute atomic E-state index is 0.0149. The molecule has 1 N–H and O–H groups in total. The fourth-order valence-electron chi connectivity index (χ4n) is 3.74. The zero-order valence-corrected chi connectivity index (χ0v) is 20.7. The summed E-state index contributed by atoms with van der Waals surface area (Å²) in [7, 11) is -2.22. The van der Waals surface area contributed by atoms with Gasteiger partial charge in [-0.3, -0.25) is 9.78 Å². The molecule has 1 aromatic heterocycles. The smallest absolute Gasteiger partial charge is 0.247 e. The molecule has 2 aromatic rings. The van der Waals surface area contributed by atoms with E-state index in [2.05, 4.69) is 16.8 Å². The van der Waals surface area contributed by atoms with E-state index >= 15 is 0 Å². The molecule has 0 unspecified atom stereocenters. The number of hydrogen-bond acceptors (Lipinski definition) is 6. The lowest BCUT2D eigenvalue weighted by molar-refractivity contribution is -0.131. The molecule has 0 saturated heterocycles. The number of carbonyl (C=O) groups is 1. The van der Waals surface area contributed by atoms with Gasteiger partial charge in [-0.05, 0) is 37.3 Å².